The monoisotopic (exact) mass is 541 g/mol. The third-order valence-electron chi connectivity index (χ3n) is 5.55. The Morgan fingerprint density at radius 1 is 0.641 bits per heavy atom. The molecule has 0 radical (unpaired) electrons. The molecular formula is C26H27N3O10. The second-order valence-corrected chi connectivity index (χ2v) is 7.73. The number of nitro groups is 1. The lowest BCUT2D eigenvalue weighted by Crippen LogP contribution is -2.15. The van der Waals surface area contributed by atoms with Gasteiger partial charge in [-0.05, 0) is 36.4 Å². The van der Waals surface area contributed by atoms with Gasteiger partial charge < -0.3 is 39.1 Å². The van der Waals surface area contributed by atoms with Crippen LogP contribution < -0.4 is 39.1 Å². The lowest BCUT2D eigenvalue weighted by Gasteiger charge is -2.15. The fraction of sp³-hybridized carbons (Fsp3) is 0.231. The SMILES string of the molecule is COc1cc(C(=O)Nc2ccc([N+](=O)[O-])c(NC(=O)c3cc(OC)c(OC)c(OC)c3)c2)cc(OC)c1OC. The van der Waals surface area contributed by atoms with E-state index in [-0.39, 0.29) is 56.9 Å². The minimum Gasteiger partial charge on any atom is -0.493 e. The molecule has 13 heteroatoms. The quantitative estimate of drug-likeness (QED) is 0.267. The van der Waals surface area contributed by atoms with Gasteiger partial charge in [-0.15, -0.1) is 0 Å². The number of nitrogens with zero attached hydrogens (tertiary/aromatic N) is 1. The second kappa shape index (κ2) is 12.4. The number of carbonyl (C=O) groups excluding carboxylic acids is 2. The smallest absolute Gasteiger partial charge is 0.292 e. The van der Waals surface area contributed by atoms with Gasteiger partial charge in [-0.2, -0.15) is 0 Å². The topological polar surface area (TPSA) is 157 Å². The van der Waals surface area contributed by atoms with Gasteiger partial charge in [0.25, 0.3) is 17.5 Å². The lowest BCUT2D eigenvalue weighted by atomic mass is 10.1. The van der Waals surface area contributed by atoms with Crippen LogP contribution in [-0.2, 0) is 0 Å². The number of carbonyl (C=O) groups is 2. The molecule has 2 amide bonds. The van der Waals surface area contributed by atoms with Crippen LogP contribution in [0.4, 0.5) is 17.1 Å². The van der Waals surface area contributed by atoms with E-state index in [9.17, 15) is 19.7 Å². The zero-order valence-corrected chi connectivity index (χ0v) is 22.1. The fourth-order valence-corrected chi connectivity index (χ4v) is 3.70. The molecule has 206 valence electrons. The van der Waals surface area contributed by atoms with Crippen LogP contribution in [0.1, 0.15) is 20.7 Å². The maximum absolute atomic E-state index is 13.1. The average Bonchev–Trinajstić information content (AvgIpc) is 2.95. The van der Waals surface area contributed by atoms with E-state index in [1.807, 2.05) is 0 Å². The molecule has 13 nitrogen and oxygen atoms in total. The summed E-state index contributed by atoms with van der Waals surface area (Å²) in [7, 11) is 8.47. The normalized spacial score (nSPS) is 10.2. The van der Waals surface area contributed by atoms with Gasteiger partial charge in [0.2, 0.25) is 11.5 Å². The number of nitrogens with one attached hydrogen (secondary N) is 2. The van der Waals surface area contributed by atoms with Crippen molar-refractivity contribution in [2.75, 3.05) is 53.3 Å². The van der Waals surface area contributed by atoms with Crippen molar-refractivity contribution in [3.8, 4) is 34.5 Å². The first-order valence-corrected chi connectivity index (χ1v) is 11.2. The Balaban J connectivity index is 1.94. The molecule has 0 heterocycles. The van der Waals surface area contributed by atoms with E-state index in [2.05, 4.69) is 10.6 Å². The van der Waals surface area contributed by atoms with Gasteiger partial charge in [0.05, 0.1) is 47.6 Å². The van der Waals surface area contributed by atoms with Gasteiger partial charge in [-0.3, -0.25) is 19.7 Å². The molecule has 0 aliphatic carbocycles. The van der Waals surface area contributed by atoms with Crippen molar-refractivity contribution in [2.24, 2.45) is 0 Å². The van der Waals surface area contributed by atoms with Crippen molar-refractivity contribution in [3.63, 3.8) is 0 Å². The van der Waals surface area contributed by atoms with Crippen molar-refractivity contribution in [2.45, 2.75) is 0 Å². The zero-order chi connectivity index (χ0) is 28.7. The largest absolute Gasteiger partial charge is 0.493 e. The molecule has 0 fully saturated rings. The van der Waals surface area contributed by atoms with E-state index in [0.717, 1.165) is 6.07 Å². The summed E-state index contributed by atoms with van der Waals surface area (Å²) in [6.45, 7) is 0. The van der Waals surface area contributed by atoms with Crippen LogP contribution >= 0.6 is 0 Å². The van der Waals surface area contributed by atoms with Gasteiger partial charge in [0.1, 0.15) is 5.69 Å². The first-order chi connectivity index (χ1) is 18.7. The number of ether oxygens (including phenoxy) is 6. The number of hydrogen-bond donors (Lipinski definition) is 2. The summed E-state index contributed by atoms with van der Waals surface area (Å²) >= 11 is 0. The number of amides is 2. The van der Waals surface area contributed by atoms with Crippen LogP contribution in [0.25, 0.3) is 0 Å². The highest BCUT2D eigenvalue weighted by molar-refractivity contribution is 6.08. The molecule has 3 rings (SSSR count). The summed E-state index contributed by atoms with van der Waals surface area (Å²) in [5.74, 6) is 0.317. The molecule has 0 atom stereocenters. The highest BCUT2D eigenvalue weighted by atomic mass is 16.6. The number of rotatable bonds is 11. The zero-order valence-electron chi connectivity index (χ0n) is 22.1. The maximum atomic E-state index is 13.1. The van der Waals surface area contributed by atoms with Gasteiger partial charge in [0, 0.05) is 22.9 Å². The first kappa shape index (κ1) is 28.4. The van der Waals surface area contributed by atoms with Crippen LogP contribution in [0.3, 0.4) is 0 Å². The minimum absolute atomic E-state index is 0.0886. The molecule has 39 heavy (non-hydrogen) atoms. The lowest BCUT2D eigenvalue weighted by molar-refractivity contribution is -0.383. The summed E-state index contributed by atoms with van der Waals surface area (Å²) in [6, 6.07) is 9.48. The van der Waals surface area contributed by atoms with E-state index >= 15 is 0 Å². The Hall–Kier alpha value is -5.20. The number of anilines is 2. The fourth-order valence-electron chi connectivity index (χ4n) is 3.70. The predicted molar refractivity (Wildman–Crippen MR) is 141 cm³/mol. The summed E-state index contributed by atoms with van der Waals surface area (Å²) in [4.78, 5) is 37.1. The highest BCUT2D eigenvalue weighted by Gasteiger charge is 2.22. The van der Waals surface area contributed by atoms with E-state index in [0.29, 0.717) is 5.75 Å². The Morgan fingerprint density at radius 2 is 1.05 bits per heavy atom. The summed E-state index contributed by atoms with van der Waals surface area (Å²) in [5, 5.41) is 16.8. The van der Waals surface area contributed by atoms with Gasteiger partial charge in [0.15, 0.2) is 23.0 Å². The highest BCUT2D eigenvalue weighted by Crippen LogP contribution is 2.40. The van der Waals surface area contributed by atoms with Crippen LogP contribution in [0.2, 0.25) is 0 Å². The van der Waals surface area contributed by atoms with E-state index < -0.39 is 16.7 Å². The molecule has 0 saturated carbocycles. The van der Waals surface area contributed by atoms with Crippen molar-refractivity contribution in [3.05, 3.63) is 63.7 Å². The number of nitro benzene ring substituents is 1. The molecule has 0 bridgehead atoms. The third kappa shape index (κ3) is 6.04. The summed E-state index contributed by atoms with van der Waals surface area (Å²) in [6.07, 6.45) is 0. The molecular weight excluding hydrogens is 514 g/mol. The molecule has 3 aromatic rings. The molecule has 0 aromatic heterocycles. The van der Waals surface area contributed by atoms with Crippen molar-refractivity contribution in [1.29, 1.82) is 0 Å². The molecule has 0 aliphatic rings. The first-order valence-electron chi connectivity index (χ1n) is 11.2. The maximum Gasteiger partial charge on any atom is 0.292 e. The predicted octanol–water partition coefficient (Wildman–Crippen LogP) is 4.15. The van der Waals surface area contributed by atoms with Crippen LogP contribution in [0.5, 0.6) is 34.5 Å². The van der Waals surface area contributed by atoms with Crippen LogP contribution in [0.15, 0.2) is 42.5 Å². The van der Waals surface area contributed by atoms with Crippen molar-refractivity contribution < 1.29 is 42.9 Å². The van der Waals surface area contributed by atoms with Gasteiger partial charge in [-0.25, -0.2) is 0 Å². The van der Waals surface area contributed by atoms with E-state index in [1.54, 1.807) is 0 Å². The van der Waals surface area contributed by atoms with Gasteiger partial charge >= 0.3 is 0 Å². The Kier molecular flexibility index (Phi) is 8.99. The van der Waals surface area contributed by atoms with Crippen LogP contribution in [-0.4, -0.2) is 59.4 Å². The van der Waals surface area contributed by atoms with E-state index in [1.165, 1.54) is 79.1 Å². The molecule has 3 aromatic carbocycles. The molecule has 0 saturated heterocycles. The Labute approximate surface area is 223 Å². The standard InChI is InChI=1S/C26H27N3O10/c1-34-19-9-14(10-20(35-2)23(19)38-5)25(30)27-16-7-8-18(29(32)33)17(13-16)28-26(31)15-11-21(36-3)24(39-6)22(12-15)37-4/h7-13H,1-6H3,(H,27,30)(H,28,31). The van der Waals surface area contributed by atoms with E-state index in [4.69, 9.17) is 28.4 Å². The summed E-state index contributed by atoms with van der Waals surface area (Å²) < 4.78 is 31.6. The summed E-state index contributed by atoms with van der Waals surface area (Å²) in [5.41, 5.74) is -0.0981. The molecule has 0 unspecified atom stereocenters. The number of benzene rings is 3. The minimum atomic E-state index is -0.689. The Bertz CT molecular complexity index is 1360. The van der Waals surface area contributed by atoms with Crippen molar-refractivity contribution in [1.82, 2.24) is 0 Å². The molecule has 0 spiro atoms. The Morgan fingerprint density at radius 3 is 1.41 bits per heavy atom. The molecule has 0 aliphatic heterocycles. The average molecular weight is 542 g/mol. The third-order valence-corrected chi connectivity index (χ3v) is 5.55. The second-order valence-electron chi connectivity index (χ2n) is 7.73. The molecule has 2 N–H and O–H groups in total. The number of hydrogen-bond acceptors (Lipinski definition) is 10. The van der Waals surface area contributed by atoms with Gasteiger partial charge in [-0.1, -0.05) is 0 Å². The van der Waals surface area contributed by atoms with Crippen molar-refractivity contribution >= 4 is 28.9 Å². The van der Waals surface area contributed by atoms with Crippen LogP contribution in [0, 0.1) is 10.1 Å². The number of methoxy groups -OCH3 is 6.